The lowest BCUT2D eigenvalue weighted by molar-refractivity contribution is 0.331. The minimum absolute atomic E-state index is 0.00869. The third kappa shape index (κ3) is 2.41. The van der Waals surface area contributed by atoms with E-state index in [-0.39, 0.29) is 11.2 Å². The van der Waals surface area contributed by atoms with Crippen LogP contribution >= 0.6 is 0 Å². The van der Waals surface area contributed by atoms with E-state index in [2.05, 4.69) is 14.9 Å². The highest BCUT2D eigenvalue weighted by Crippen LogP contribution is 2.45. The molecule has 2 aliphatic rings. The van der Waals surface area contributed by atoms with Gasteiger partial charge in [0.2, 0.25) is 5.95 Å². The van der Waals surface area contributed by atoms with Crippen molar-refractivity contribution in [1.82, 2.24) is 15.0 Å². The van der Waals surface area contributed by atoms with Gasteiger partial charge in [-0.05, 0) is 43.4 Å². The minimum atomic E-state index is -0.246. The van der Waals surface area contributed by atoms with Gasteiger partial charge in [-0.2, -0.15) is 0 Å². The van der Waals surface area contributed by atoms with E-state index in [0.29, 0.717) is 5.82 Å². The predicted molar refractivity (Wildman–Crippen MR) is 92.0 cm³/mol. The van der Waals surface area contributed by atoms with Crippen LogP contribution in [0, 0.1) is 5.82 Å². The molecule has 2 aromatic rings. The molecular weight excluding hydrogens is 305 g/mol. The third-order valence-corrected chi connectivity index (χ3v) is 5.24. The Morgan fingerprint density at radius 1 is 1.25 bits per heavy atom. The highest BCUT2D eigenvalue weighted by atomic mass is 19.1. The number of aromatic nitrogens is 3. The Labute approximate surface area is 141 Å². The molecule has 1 aliphatic heterocycles. The molecule has 126 valence electrons. The number of fused-ring (bicyclic) bond motifs is 2. The average molecular weight is 327 g/mol. The molecule has 24 heavy (non-hydrogen) atoms. The zero-order valence-electron chi connectivity index (χ0n) is 14.2. The van der Waals surface area contributed by atoms with Crippen LogP contribution in [0.25, 0.3) is 0 Å². The Hall–Kier alpha value is -2.24. The first-order valence-electron chi connectivity index (χ1n) is 8.48. The molecule has 0 aromatic carbocycles. The summed E-state index contributed by atoms with van der Waals surface area (Å²) in [6, 6.07) is 3.12. The second-order valence-electron chi connectivity index (χ2n) is 7.05. The van der Waals surface area contributed by atoms with Gasteiger partial charge in [0.05, 0.1) is 5.69 Å². The Bertz CT molecular complexity index is 759. The van der Waals surface area contributed by atoms with Crippen LogP contribution in [-0.2, 0) is 11.8 Å². The van der Waals surface area contributed by atoms with Crippen molar-refractivity contribution in [1.29, 1.82) is 0 Å². The van der Waals surface area contributed by atoms with Gasteiger partial charge in [-0.3, -0.25) is 0 Å². The first-order valence-corrected chi connectivity index (χ1v) is 8.48. The van der Waals surface area contributed by atoms with E-state index in [0.717, 1.165) is 50.4 Å². The maximum atomic E-state index is 14.2. The zero-order valence-corrected chi connectivity index (χ0v) is 14.2. The van der Waals surface area contributed by atoms with Gasteiger partial charge in [0.15, 0.2) is 11.6 Å². The van der Waals surface area contributed by atoms with Gasteiger partial charge in [0.25, 0.3) is 0 Å². The topological polar surface area (TPSA) is 45.2 Å². The van der Waals surface area contributed by atoms with Crippen LogP contribution in [0.4, 0.5) is 16.2 Å². The molecule has 4 rings (SSSR count). The summed E-state index contributed by atoms with van der Waals surface area (Å²) in [7, 11) is 3.92. The average Bonchev–Trinajstić information content (AvgIpc) is 2.93. The Morgan fingerprint density at radius 3 is 2.92 bits per heavy atom. The first kappa shape index (κ1) is 15.3. The molecule has 1 fully saturated rings. The number of piperidine rings is 1. The molecular formula is C18H22FN5. The quantitative estimate of drug-likeness (QED) is 0.848. The molecule has 6 heteroatoms. The number of hydrogen-bond donors (Lipinski definition) is 0. The molecule has 1 spiro atoms. The molecule has 0 saturated carbocycles. The predicted octanol–water partition coefficient (Wildman–Crippen LogP) is 2.56. The van der Waals surface area contributed by atoms with E-state index in [1.807, 2.05) is 25.2 Å². The maximum absolute atomic E-state index is 14.2. The number of pyridine rings is 1. The fourth-order valence-corrected chi connectivity index (χ4v) is 4.07. The molecule has 1 atom stereocenters. The number of aryl methyl sites for hydroxylation is 1. The van der Waals surface area contributed by atoms with Gasteiger partial charge in [0.1, 0.15) is 0 Å². The van der Waals surface area contributed by atoms with Gasteiger partial charge < -0.3 is 9.80 Å². The summed E-state index contributed by atoms with van der Waals surface area (Å²) in [5, 5.41) is 0. The molecule has 1 aliphatic carbocycles. The number of rotatable bonds is 2. The second-order valence-corrected chi connectivity index (χ2v) is 7.05. The van der Waals surface area contributed by atoms with Gasteiger partial charge in [0, 0.05) is 45.0 Å². The lowest BCUT2D eigenvalue weighted by atomic mass is 9.77. The van der Waals surface area contributed by atoms with Crippen molar-refractivity contribution < 1.29 is 4.39 Å². The van der Waals surface area contributed by atoms with Gasteiger partial charge in [-0.15, -0.1) is 0 Å². The zero-order chi connectivity index (χ0) is 16.7. The minimum Gasteiger partial charge on any atom is -0.353 e. The molecule has 2 aromatic heterocycles. The van der Waals surface area contributed by atoms with Crippen molar-refractivity contribution in [3.8, 4) is 0 Å². The number of hydrogen-bond acceptors (Lipinski definition) is 5. The molecule has 0 N–H and O–H groups in total. The summed E-state index contributed by atoms with van der Waals surface area (Å²) >= 11 is 0. The highest BCUT2D eigenvalue weighted by Gasteiger charge is 2.44. The molecule has 0 bridgehead atoms. The Balaban J connectivity index is 1.70. The normalized spacial score (nSPS) is 22.7. The monoisotopic (exact) mass is 327 g/mol. The van der Waals surface area contributed by atoms with Gasteiger partial charge >= 0.3 is 0 Å². The Kier molecular flexibility index (Phi) is 3.62. The fraction of sp³-hybridized carbons (Fsp3) is 0.500. The van der Waals surface area contributed by atoms with E-state index in [4.69, 9.17) is 4.98 Å². The van der Waals surface area contributed by atoms with Crippen LogP contribution in [0.2, 0.25) is 0 Å². The van der Waals surface area contributed by atoms with E-state index >= 15 is 0 Å². The second kappa shape index (κ2) is 5.69. The van der Waals surface area contributed by atoms with Crippen LogP contribution in [0.1, 0.15) is 30.5 Å². The smallest absolute Gasteiger partial charge is 0.225 e. The lowest BCUT2D eigenvalue weighted by Crippen LogP contribution is -2.46. The van der Waals surface area contributed by atoms with E-state index in [1.54, 1.807) is 12.3 Å². The Morgan fingerprint density at radius 2 is 2.12 bits per heavy atom. The third-order valence-electron chi connectivity index (χ3n) is 5.24. The molecule has 3 heterocycles. The molecule has 5 nitrogen and oxygen atoms in total. The lowest BCUT2D eigenvalue weighted by Gasteiger charge is -2.41. The van der Waals surface area contributed by atoms with Gasteiger partial charge in [-0.1, -0.05) is 0 Å². The van der Waals surface area contributed by atoms with Gasteiger partial charge in [-0.25, -0.2) is 19.3 Å². The van der Waals surface area contributed by atoms with E-state index in [1.165, 1.54) is 11.6 Å². The van der Waals surface area contributed by atoms with E-state index < -0.39 is 0 Å². The van der Waals surface area contributed by atoms with Crippen LogP contribution in [-0.4, -0.2) is 42.1 Å². The van der Waals surface area contributed by atoms with Crippen molar-refractivity contribution >= 4 is 11.8 Å². The summed E-state index contributed by atoms with van der Waals surface area (Å²) in [6.45, 7) is 1.62. The summed E-state index contributed by atoms with van der Waals surface area (Å²) in [5.74, 6) is 0.965. The van der Waals surface area contributed by atoms with E-state index in [9.17, 15) is 4.39 Å². The van der Waals surface area contributed by atoms with Crippen LogP contribution in [0.3, 0.4) is 0 Å². The fourth-order valence-electron chi connectivity index (χ4n) is 4.07. The summed E-state index contributed by atoms with van der Waals surface area (Å²) in [6.07, 6.45) is 7.80. The van der Waals surface area contributed by atoms with Crippen molar-refractivity contribution in [3.05, 3.63) is 41.6 Å². The molecule has 0 amide bonds. The summed E-state index contributed by atoms with van der Waals surface area (Å²) < 4.78 is 14.2. The van der Waals surface area contributed by atoms with Crippen LogP contribution in [0.15, 0.2) is 24.5 Å². The number of anilines is 2. The molecule has 1 unspecified atom stereocenters. The van der Waals surface area contributed by atoms with Crippen LogP contribution < -0.4 is 9.80 Å². The molecule has 0 radical (unpaired) electrons. The number of nitrogens with zero attached hydrogens (tertiary/aromatic N) is 5. The summed E-state index contributed by atoms with van der Waals surface area (Å²) in [5.41, 5.74) is 2.39. The highest BCUT2D eigenvalue weighted by molar-refractivity contribution is 5.46. The van der Waals surface area contributed by atoms with Crippen molar-refractivity contribution in [2.45, 2.75) is 31.1 Å². The maximum Gasteiger partial charge on any atom is 0.225 e. The van der Waals surface area contributed by atoms with Crippen molar-refractivity contribution in [3.63, 3.8) is 0 Å². The number of halogens is 1. The molecule has 1 saturated heterocycles. The van der Waals surface area contributed by atoms with Crippen molar-refractivity contribution in [2.75, 3.05) is 37.0 Å². The van der Waals surface area contributed by atoms with Crippen LogP contribution in [0.5, 0.6) is 0 Å². The first-order chi connectivity index (χ1) is 11.6. The largest absolute Gasteiger partial charge is 0.353 e. The summed E-state index contributed by atoms with van der Waals surface area (Å²) in [4.78, 5) is 17.6. The standard InChI is InChI=1S/C18H22FN5/c1-23(2)17-21-11-13-6-8-18(15(13)22-17)7-4-10-24(12-18)16-14(19)5-3-9-20-16/h3,5,9,11H,4,6-8,10,12H2,1-2H3. The van der Waals surface area contributed by atoms with Crippen molar-refractivity contribution in [2.24, 2.45) is 0 Å². The SMILES string of the molecule is CN(C)c1ncc2c(n1)C1(CCCN(c3ncccc3F)C1)CC2.